The molecule has 0 saturated carbocycles. The van der Waals surface area contributed by atoms with Crippen molar-refractivity contribution in [3.8, 4) is 0 Å². The van der Waals surface area contributed by atoms with Crippen molar-refractivity contribution >= 4 is 23.5 Å². The number of anilines is 1. The van der Waals surface area contributed by atoms with Crippen molar-refractivity contribution in [1.82, 2.24) is 9.97 Å². The molecule has 0 radical (unpaired) electrons. The number of nitrogens with zero attached hydrogens (tertiary/aromatic N) is 2. The first-order valence-corrected chi connectivity index (χ1v) is 11.2. The van der Waals surface area contributed by atoms with Crippen LogP contribution in [-0.2, 0) is 4.79 Å². The fourth-order valence-electron chi connectivity index (χ4n) is 2.62. The molecule has 0 spiro atoms. The van der Waals surface area contributed by atoms with Crippen LogP contribution in [-0.4, -0.2) is 38.6 Å². The van der Waals surface area contributed by atoms with Crippen LogP contribution in [0.2, 0.25) is 0 Å². The molecule has 1 atom stereocenters. The Morgan fingerprint density at radius 2 is 1.79 bits per heavy atom. The molecule has 0 bridgehead atoms. The second-order valence-corrected chi connectivity index (χ2v) is 8.60. The van der Waals surface area contributed by atoms with Crippen molar-refractivity contribution in [2.75, 3.05) is 16.8 Å². The minimum Gasteiger partial charge on any atom is -0.480 e. The Morgan fingerprint density at radius 1 is 1.14 bits per heavy atom. The predicted octanol–water partition coefficient (Wildman–Crippen LogP) is 5.80. The van der Waals surface area contributed by atoms with E-state index in [1.54, 1.807) is 30.9 Å². The first-order chi connectivity index (χ1) is 13.8. The van der Waals surface area contributed by atoms with Gasteiger partial charge in [0.25, 0.3) is 0 Å². The highest BCUT2D eigenvalue weighted by Crippen LogP contribution is 2.14. The fourth-order valence-corrected chi connectivity index (χ4v) is 3.62. The second kappa shape index (κ2) is 14.0. The largest absolute Gasteiger partial charge is 0.480 e. The van der Waals surface area contributed by atoms with Crippen LogP contribution >= 0.6 is 11.8 Å². The van der Waals surface area contributed by atoms with E-state index in [4.69, 9.17) is 0 Å². The predicted molar refractivity (Wildman–Crippen MR) is 125 cm³/mol. The number of hydrogen-bond acceptors (Lipinski definition) is 5. The SMILES string of the molecule is CC(C)=CCC/C(C)=C/CC/C(C)=C/CSCC(Nc1ccnc(C)n1)C(=O)O. The molecule has 0 aliphatic rings. The zero-order chi connectivity index (χ0) is 21.6. The van der Waals surface area contributed by atoms with Crippen LogP contribution in [0.4, 0.5) is 5.82 Å². The van der Waals surface area contributed by atoms with Gasteiger partial charge in [0.1, 0.15) is 17.7 Å². The Kier molecular flexibility index (Phi) is 12.0. The highest BCUT2D eigenvalue weighted by atomic mass is 32.2. The van der Waals surface area contributed by atoms with E-state index in [0.29, 0.717) is 17.4 Å². The van der Waals surface area contributed by atoms with Crippen LogP contribution in [0.25, 0.3) is 0 Å². The van der Waals surface area contributed by atoms with Crippen LogP contribution in [0.3, 0.4) is 0 Å². The lowest BCUT2D eigenvalue weighted by Crippen LogP contribution is -2.32. The third kappa shape index (κ3) is 12.2. The molecule has 0 saturated heterocycles. The number of allylic oxidation sites excluding steroid dienone is 5. The van der Waals surface area contributed by atoms with Gasteiger partial charge in [-0.1, -0.05) is 34.9 Å². The zero-order valence-corrected chi connectivity index (χ0v) is 19.2. The average molecular weight is 418 g/mol. The van der Waals surface area contributed by atoms with Crippen molar-refractivity contribution in [1.29, 1.82) is 0 Å². The van der Waals surface area contributed by atoms with Crippen LogP contribution in [0.1, 0.15) is 59.2 Å². The summed E-state index contributed by atoms with van der Waals surface area (Å²) < 4.78 is 0. The van der Waals surface area contributed by atoms with E-state index in [1.165, 1.54) is 16.7 Å². The van der Waals surface area contributed by atoms with Crippen LogP contribution in [0, 0.1) is 6.92 Å². The number of carbonyl (C=O) groups is 1. The number of aliphatic carboxylic acids is 1. The average Bonchev–Trinajstić information content (AvgIpc) is 2.63. The molecular formula is C23H35N3O2S. The number of aryl methyl sites for hydroxylation is 1. The third-order valence-corrected chi connectivity index (χ3v) is 5.32. The van der Waals surface area contributed by atoms with E-state index < -0.39 is 12.0 Å². The van der Waals surface area contributed by atoms with E-state index in [2.05, 4.69) is 61.2 Å². The van der Waals surface area contributed by atoms with E-state index >= 15 is 0 Å². The third-order valence-electron chi connectivity index (χ3n) is 4.35. The first kappa shape index (κ1) is 25.0. The number of carboxylic acid groups (broad SMARTS) is 1. The molecule has 29 heavy (non-hydrogen) atoms. The summed E-state index contributed by atoms with van der Waals surface area (Å²) >= 11 is 1.61. The highest BCUT2D eigenvalue weighted by Gasteiger charge is 2.17. The van der Waals surface area contributed by atoms with Crippen molar-refractivity contribution < 1.29 is 9.90 Å². The number of hydrogen-bond donors (Lipinski definition) is 2. The Morgan fingerprint density at radius 3 is 2.41 bits per heavy atom. The van der Waals surface area contributed by atoms with Gasteiger partial charge in [-0.25, -0.2) is 14.8 Å². The maximum atomic E-state index is 11.5. The zero-order valence-electron chi connectivity index (χ0n) is 18.4. The highest BCUT2D eigenvalue weighted by molar-refractivity contribution is 7.99. The molecule has 160 valence electrons. The molecule has 0 aliphatic carbocycles. The maximum Gasteiger partial charge on any atom is 0.327 e. The molecule has 1 aromatic heterocycles. The van der Waals surface area contributed by atoms with Gasteiger partial charge in [-0.15, -0.1) is 0 Å². The summed E-state index contributed by atoms with van der Waals surface area (Å²) in [4.78, 5) is 19.7. The molecule has 2 N–H and O–H groups in total. The number of thioether (sulfide) groups is 1. The van der Waals surface area contributed by atoms with Crippen LogP contribution in [0.5, 0.6) is 0 Å². The smallest absolute Gasteiger partial charge is 0.327 e. The maximum absolute atomic E-state index is 11.5. The molecule has 1 aromatic rings. The number of carboxylic acids is 1. The number of aromatic nitrogens is 2. The van der Waals surface area contributed by atoms with Crippen molar-refractivity contribution in [2.24, 2.45) is 0 Å². The number of rotatable bonds is 13. The van der Waals surface area contributed by atoms with Crippen molar-refractivity contribution in [2.45, 2.75) is 66.3 Å². The normalized spacial score (nSPS) is 13.1. The van der Waals surface area contributed by atoms with E-state index in [1.807, 2.05) is 0 Å². The van der Waals surface area contributed by atoms with Gasteiger partial charge in [0, 0.05) is 17.7 Å². The van der Waals surface area contributed by atoms with Gasteiger partial charge in [-0.3, -0.25) is 0 Å². The molecule has 5 nitrogen and oxygen atoms in total. The summed E-state index contributed by atoms with van der Waals surface area (Å²) in [7, 11) is 0. The molecule has 6 heteroatoms. The molecule has 0 fully saturated rings. The van der Waals surface area contributed by atoms with E-state index in [-0.39, 0.29) is 0 Å². The molecule has 1 rings (SSSR count). The summed E-state index contributed by atoms with van der Waals surface area (Å²) in [6.45, 7) is 10.4. The fraction of sp³-hybridized carbons (Fsp3) is 0.522. The minimum absolute atomic E-state index is 0.478. The van der Waals surface area contributed by atoms with Gasteiger partial charge in [0.05, 0.1) is 0 Å². The second-order valence-electron chi connectivity index (χ2n) is 7.52. The van der Waals surface area contributed by atoms with Gasteiger partial charge in [-0.2, -0.15) is 11.8 Å². The molecular weight excluding hydrogens is 382 g/mol. The van der Waals surface area contributed by atoms with Gasteiger partial charge in [0.2, 0.25) is 0 Å². The summed E-state index contributed by atoms with van der Waals surface area (Å²) in [5, 5.41) is 12.4. The van der Waals surface area contributed by atoms with Gasteiger partial charge in [0.15, 0.2) is 0 Å². The Hall–Kier alpha value is -2.08. The molecule has 0 aromatic carbocycles. The van der Waals surface area contributed by atoms with Crippen LogP contribution in [0.15, 0.2) is 47.2 Å². The quantitative estimate of drug-likeness (QED) is 0.312. The Labute approximate surface area is 179 Å². The van der Waals surface area contributed by atoms with Crippen molar-refractivity contribution in [3.63, 3.8) is 0 Å². The summed E-state index contributed by atoms with van der Waals surface area (Å²) in [5.41, 5.74) is 4.17. The molecule has 0 aliphatic heterocycles. The lowest BCUT2D eigenvalue weighted by atomic mass is 10.1. The molecule has 1 heterocycles. The van der Waals surface area contributed by atoms with Gasteiger partial charge < -0.3 is 10.4 Å². The summed E-state index contributed by atoms with van der Waals surface area (Å²) in [6.07, 6.45) is 12.8. The lowest BCUT2D eigenvalue weighted by Gasteiger charge is -2.14. The van der Waals surface area contributed by atoms with Gasteiger partial charge in [-0.05, 0) is 66.4 Å². The monoisotopic (exact) mass is 417 g/mol. The van der Waals surface area contributed by atoms with E-state index in [9.17, 15) is 9.90 Å². The lowest BCUT2D eigenvalue weighted by molar-refractivity contribution is -0.137. The Balaban J connectivity index is 2.34. The minimum atomic E-state index is -0.872. The number of nitrogens with one attached hydrogen (secondary N) is 1. The summed E-state index contributed by atoms with van der Waals surface area (Å²) in [6, 6.07) is 1.02. The molecule has 1 unspecified atom stereocenters. The van der Waals surface area contributed by atoms with Gasteiger partial charge >= 0.3 is 5.97 Å². The Bertz CT molecular complexity index is 737. The first-order valence-electron chi connectivity index (χ1n) is 10.1. The van der Waals surface area contributed by atoms with E-state index in [0.717, 1.165) is 31.4 Å². The standard InChI is InChI=1S/C23H35N3O2S/c1-17(2)8-6-9-18(3)10-7-11-19(4)13-15-29-16-21(23(27)28)26-22-12-14-24-20(5)25-22/h8,10,12-14,21H,6-7,9,11,15-16H2,1-5H3,(H,27,28)(H,24,25,26)/b18-10+,19-13+. The molecule has 0 amide bonds. The van der Waals surface area contributed by atoms with Crippen molar-refractivity contribution in [3.05, 3.63) is 53.0 Å². The van der Waals surface area contributed by atoms with Crippen LogP contribution < -0.4 is 5.32 Å². The summed E-state index contributed by atoms with van der Waals surface area (Å²) in [5.74, 6) is 1.58. The topological polar surface area (TPSA) is 75.1 Å².